The molecule has 1 rings (SSSR count). The fourth-order valence-electron chi connectivity index (χ4n) is 1.98. The summed E-state index contributed by atoms with van der Waals surface area (Å²) in [6.07, 6.45) is 4.42. The highest BCUT2D eigenvalue weighted by atomic mass is 16.5. The van der Waals surface area contributed by atoms with Crippen molar-refractivity contribution in [3.8, 4) is 11.5 Å². The van der Waals surface area contributed by atoms with Crippen LogP contribution in [0, 0.1) is 0 Å². The van der Waals surface area contributed by atoms with Crippen LogP contribution in [0.3, 0.4) is 0 Å². The van der Waals surface area contributed by atoms with Crippen LogP contribution >= 0.6 is 0 Å². The number of aryl methyl sites for hydroxylation is 1. The first-order valence-corrected chi connectivity index (χ1v) is 7.18. The highest BCUT2D eigenvalue weighted by Crippen LogP contribution is 2.28. The quantitative estimate of drug-likeness (QED) is 0.707. The second-order valence-electron chi connectivity index (χ2n) is 4.75. The molecule has 1 N–H and O–H groups in total. The number of hydrogen-bond acceptors (Lipinski definition) is 3. The maximum atomic E-state index is 11.6. The van der Waals surface area contributed by atoms with Crippen LogP contribution in [0.1, 0.15) is 38.2 Å². The molecular weight excluding hydrogens is 254 g/mol. The molecule has 0 radical (unpaired) electrons. The van der Waals surface area contributed by atoms with E-state index < -0.39 is 0 Å². The summed E-state index contributed by atoms with van der Waals surface area (Å²) in [7, 11) is 3.25. The van der Waals surface area contributed by atoms with Gasteiger partial charge in [0.2, 0.25) is 5.91 Å². The van der Waals surface area contributed by atoms with E-state index in [4.69, 9.17) is 9.47 Å². The highest BCUT2D eigenvalue weighted by molar-refractivity contribution is 5.75. The molecule has 0 bridgehead atoms. The number of nitrogens with one attached hydrogen (secondary N) is 1. The summed E-state index contributed by atoms with van der Waals surface area (Å²) >= 11 is 0. The fourth-order valence-corrected chi connectivity index (χ4v) is 1.98. The topological polar surface area (TPSA) is 47.6 Å². The van der Waals surface area contributed by atoms with E-state index in [0.29, 0.717) is 6.42 Å². The number of benzene rings is 1. The summed E-state index contributed by atoms with van der Waals surface area (Å²) in [5.41, 5.74) is 1.16. The molecule has 1 amide bonds. The van der Waals surface area contributed by atoms with Gasteiger partial charge in [-0.2, -0.15) is 0 Å². The minimum atomic E-state index is 0.138. The number of hydrogen-bond donors (Lipinski definition) is 1. The molecule has 0 aliphatic carbocycles. The Morgan fingerprint density at radius 1 is 1.15 bits per heavy atom. The lowest BCUT2D eigenvalue weighted by atomic mass is 10.1. The maximum absolute atomic E-state index is 11.6. The molecule has 4 heteroatoms. The second kappa shape index (κ2) is 9.23. The van der Waals surface area contributed by atoms with Gasteiger partial charge in [0.1, 0.15) is 0 Å². The molecular formula is C16H25NO3. The normalized spacial score (nSPS) is 10.2. The third kappa shape index (κ3) is 5.51. The van der Waals surface area contributed by atoms with Crippen molar-refractivity contribution in [1.82, 2.24) is 5.32 Å². The molecule has 0 heterocycles. The van der Waals surface area contributed by atoms with Crippen molar-refractivity contribution in [3.05, 3.63) is 23.8 Å². The molecule has 0 aliphatic rings. The van der Waals surface area contributed by atoms with Crippen LogP contribution in [0.25, 0.3) is 0 Å². The van der Waals surface area contributed by atoms with Gasteiger partial charge in [0.05, 0.1) is 14.2 Å². The summed E-state index contributed by atoms with van der Waals surface area (Å²) in [5.74, 6) is 1.60. The molecule has 1 aromatic rings. The van der Waals surface area contributed by atoms with Gasteiger partial charge in [-0.05, 0) is 37.0 Å². The minimum Gasteiger partial charge on any atom is -0.493 e. The van der Waals surface area contributed by atoms with Gasteiger partial charge in [-0.25, -0.2) is 0 Å². The second-order valence-corrected chi connectivity index (χ2v) is 4.75. The van der Waals surface area contributed by atoms with E-state index >= 15 is 0 Å². The van der Waals surface area contributed by atoms with E-state index in [1.165, 1.54) is 0 Å². The molecule has 0 saturated carbocycles. The molecule has 0 aliphatic heterocycles. The Hall–Kier alpha value is -1.71. The van der Waals surface area contributed by atoms with E-state index in [1.807, 2.05) is 18.2 Å². The zero-order chi connectivity index (χ0) is 14.8. The zero-order valence-corrected chi connectivity index (χ0v) is 12.7. The minimum absolute atomic E-state index is 0.138. The number of unbranched alkanes of at least 4 members (excludes halogenated alkanes) is 1. The van der Waals surface area contributed by atoms with E-state index in [-0.39, 0.29) is 5.91 Å². The van der Waals surface area contributed by atoms with Crippen molar-refractivity contribution in [2.45, 2.75) is 39.0 Å². The highest BCUT2D eigenvalue weighted by Gasteiger charge is 2.05. The Morgan fingerprint density at radius 2 is 1.90 bits per heavy atom. The maximum Gasteiger partial charge on any atom is 0.220 e. The molecule has 0 saturated heterocycles. The number of methoxy groups -OCH3 is 2. The Labute approximate surface area is 121 Å². The zero-order valence-electron chi connectivity index (χ0n) is 12.7. The summed E-state index contributed by atoms with van der Waals surface area (Å²) in [6.45, 7) is 2.90. The smallest absolute Gasteiger partial charge is 0.220 e. The molecule has 0 unspecified atom stereocenters. The first-order chi connectivity index (χ1) is 9.71. The summed E-state index contributed by atoms with van der Waals surface area (Å²) in [4.78, 5) is 11.6. The first-order valence-electron chi connectivity index (χ1n) is 7.18. The number of amides is 1. The van der Waals surface area contributed by atoms with E-state index in [9.17, 15) is 4.79 Å². The number of carbonyl (C=O) groups is 1. The molecule has 0 atom stereocenters. The molecule has 1 aromatic carbocycles. The average molecular weight is 279 g/mol. The SMILES string of the molecule is CCCCNC(=O)CCCc1ccc(OC)c(OC)c1. The molecule has 0 aromatic heterocycles. The lowest BCUT2D eigenvalue weighted by Crippen LogP contribution is -2.23. The Balaban J connectivity index is 2.36. The van der Waals surface area contributed by atoms with Crippen LogP contribution in [0.2, 0.25) is 0 Å². The van der Waals surface area contributed by atoms with Gasteiger partial charge < -0.3 is 14.8 Å². The predicted molar refractivity (Wildman–Crippen MR) is 80.4 cm³/mol. The molecule has 0 spiro atoms. The molecule has 20 heavy (non-hydrogen) atoms. The third-order valence-corrected chi connectivity index (χ3v) is 3.17. The van der Waals surface area contributed by atoms with E-state index in [1.54, 1.807) is 14.2 Å². The Bertz CT molecular complexity index is 418. The predicted octanol–water partition coefficient (Wildman–Crippen LogP) is 2.94. The number of rotatable bonds is 9. The molecule has 4 nitrogen and oxygen atoms in total. The monoisotopic (exact) mass is 279 g/mol. The summed E-state index contributed by atoms with van der Waals surface area (Å²) < 4.78 is 10.5. The van der Waals surface area contributed by atoms with Crippen LogP contribution in [0.4, 0.5) is 0 Å². The van der Waals surface area contributed by atoms with Gasteiger partial charge in [0.15, 0.2) is 11.5 Å². The largest absolute Gasteiger partial charge is 0.493 e. The van der Waals surface area contributed by atoms with Crippen LogP contribution in [-0.2, 0) is 11.2 Å². The fraction of sp³-hybridized carbons (Fsp3) is 0.562. The van der Waals surface area contributed by atoms with Gasteiger partial charge >= 0.3 is 0 Å². The van der Waals surface area contributed by atoms with Crippen molar-refractivity contribution in [3.63, 3.8) is 0 Å². The number of carbonyl (C=O) groups excluding carboxylic acids is 1. The van der Waals surface area contributed by atoms with Crippen LogP contribution in [0.5, 0.6) is 11.5 Å². The van der Waals surface area contributed by atoms with Crippen molar-refractivity contribution in [2.75, 3.05) is 20.8 Å². The van der Waals surface area contributed by atoms with Gasteiger partial charge in [0.25, 0.3) is 0 Å². The summed E-state index contributed by atoms with van der Waals surface area (Å²) in [6, 6.07) is 5.87. The van der Waals surface area contributed by atoms with Gasteiger partial charge in [-0.1, -0.05) is 19.4 Å². The standard InChI is InChI=1S/C16H25NO3/c1-4-5-11-17-16(18)8-6-7-13-9-10-14(19-2)15(12-13)20-3/h9-10,12H,4-8,11H2,1-3H3,(H,17,18). The summed E-state index contributed by atoms with van der Waals surface area (Å²) in [5, 5.41) is 2.93. The molecule has 0 fully saturated rings. The Morgan fingerprint density at radius 3 is 2.55 bits per heavy atom. The van der Waals surface area contributed by atoms with Crippen molar-refractivity contribution >= 4 is 5.91 Å². The average Bonchev–Trinajstić information content (AvgIpc) is 2.47. The van der Waals surface area contributed by atoms with Gasteiger partial charge in [0, 0.05) is 13.0 Å². The molecule has 112 valence electrons. The lowest BCUT2D eigenvalue weighted by molar-refractivity contribution is -0.121. The van der Waals surface area contributed by atoms with E-state index in [0.717, 1.165) is 49.3 Å². The van der Waals surface area contributed by atoms with Crippen LogP contribution in [0.15, 0.2) is 18.2 Å². The van der Waals surface area contributed by atoms with E-state index in [2.05, 4.69) is 12.2 Å². The van der Waals surface area contributed by atoms with Gasteiger partial charge in [-0.3, -0.25) is 4.79 Å². The third-order valence-electron chi connectivity index (χ3n) is 3.17. The Kier molecular flexibility index (Phi) is 7.55. The number of ether oxygens (including phenoxy) is 2. The van der Waals surface area contributed by atoms with Gasteiger partial charge in [-0.15, -0.1) is 0 Å². The van der Waals surface area contributed by atoms with Crippen LogP contribution in [-0.4, -0.2) is 26.7 Å². The van der Waals surface area contributed by atoms with Crippen LogP contribution < -0.4 is 14.8 Å². The first kappa shape index (κ1) is 16.3. The van der Waals surface area contributed by atoms with Crippen molar-refractivity contribution in [1.29, 1.82) is 0 Å². The van der Waals surface area contributed by atoms with Crippen molar-refractivity contribution in [2.24, 2.45) is 0 Å². The van der Waals surface area contributed by atoms with Crippen molar-refractivity contribution < 1.29 is 14.3 Å². The lowest BCUT2D eigenvalue weighted by Gasteiger charge is -2.09.